The molecule has 0 aromatic heterocycles. The van der Waals surface area contributed by atoms with Gasteiger partial charge in [0, 0.05) is 66.4 Å². The molecule has 0 spiro atoms. The van der Waals surface area contributed by atoms with Crippen LogP contribution in [0.25, 0.3) is 0 Å². The van der Waals surface area contributed by atoms with Gasteiger partial charge in [0.05, 0.1) is 10.3 Å². The maximum absolute atomic E-state index is 12.1. The molecule has 2 aliphatic rings. The average Bonchev–Trinajstić information content (AvgIpc) is 3.42. The minimum atomic E-state index is -4.54. The molecule has 2 aliphatic heterocycles. The Morgan fingerprint density at radius 2 is 1.60 bits per heavy atom. The van der Waals surface area contributed by atoms with Crippen molar-refractivity contribution >= 4 is 33.0 Å². The molecule has 0 aliphatic carbocycles. The fraction of sp³-hybridized carbons (Fsp3) is 0.500. The number of benzene rings is 2. The molecule has 4 rings (SSSR count). The van der Waals surface area contributed by atoms with Crippen LogP contribution in [-0.2, 0) is 32.3 Å². The number of carbonyl (C=O) groups excluding carboxylic acids is 1. The second-order valence-corrected chi connectivity index (χ2v) is 17.2. The quantitative estimate of drug-likeness (QED) is 0.0865. The summed E-state index contributed by atoms with van der Waals surface area (Å²) in [6.07, 6.45) is 20.5. The monoisotopic (exact) mass is 727 g/mol. The summed E-state index contributed by atoms with van der Waals surface area (Å²) in [5.74, 6) is 0.445. The number of nitrogens with zero attached hydrogens (tertiary/aromatic N) is 3. The number of anilines is 1. The normalized spacial score (nSPS) is 17.6. The van der Waals surface area contributed by atoms with Crippen molar-refractivity contribution in [2.45, 2.75) is 116 Å². The van der Waals surface area contributed by atoms with E-state index in [2.05, 4.69) is 105 Å². The van der Waals surface area contributed by atoms with Gasteiger partial charge in [0.2, 0.25) is 5.69 Å². The van der Waals surface area contributed by atoms with Crippen molar-refractivity contribution in [3.05, 3.63) is 101 Å². The van der Waals surface area contributed by atoms with Crippen molar-refractivity contribution in [2.24, 2.45) is 5.92 Å². The van der Waals surface area contributed by atoms with Gasteiger partial charge in [0.25, 0.3) is 0 Å². The number of ketones is 1. The highest BCUT2D eigenvalue weighted by atomic mass is 32.2. The van der Waals surface area contributed by atoms with E-state index in [9.17, 15) is 17.8 Å². The van der Waals surface area contributed by atoms with Crippen LogP contribution in [0.5, 0.6) is 0 Å². The third-order valence-electron chi connectivity index (χ3n) is 10.6. The van der Waals surface area contributed by atoms with Crippen LogP contribution in [0.1, 0.15) is 111 Å². The average molecular weight is 728 g/mol. The van der Waals surface area contributed by atoms with Crippen molar-refractivity contribution in [3.8, 4) is 0 Å². The van der Waals surface area contributed by atoms with Gasteiger partial charge in [-0.25, -0.2) is 8.42 Å². The van der Waals surface area contributed by atoms with Gasteiger partial charge >= 0.3 is 0 Å². The number of fused-ring (bicyclic) bond motifs is 2. The maximum atomic E-state index is 12.1. The topological polar surface area (TPSA) is 83.8 Å². The fourth-order valence-electron chi connectivity index (χ4n) is 7.43. The van der Waals surface area contributed by atoms with Crippen LogP contribution in [0.15, 0.2) is 89.5 Å². The molecule has 2 aromatic rings. The smallest absolute Gasteiger partial charge is 0.209 e. The highest BCUT2D eigenvalue weighted by molar-refractivity contribution is 7.85. The second kappa shape index (κ2) is 17.5. The van der Waals surface area contributed by atoms with Gasteiger partial charge in [-0.05, 0) is 75.7 Å². The predicted molar refractivity (Wildman–Crippen MR) is 215 cm³/mol. The molecule has 2 aromatic carbocycles. The first kappa shape index (κ1) is 41.2. The molecule has 0 amide bonds. The van der Waals surface area contributed by atoms with Crippen molar-refractivity contribution in [1.29, 1.82) is 0 Å². The van der Waals surface area contributed by atoms with Crippen molar-refractivity contribution in [3.63, 3.8) is 0 Å². The lowest BCUT2D eigenvalue weighted by molar-refractivity contribution is -0.438. The standard InChI is InChI=1S/C44H61N3O4S/c1-10-12-28-46-38-25-23-34(32-45(9)27-19-20-40(48)33(3)4)30-36(38)43(5,6)41(46)21-17-15-14-16-18-22-42-44(7,8)37-31-35(52(49,50)51)24-26-39(37)47(42)29-13-11-2/h14-18,21-26,30-31,33H,10-13,19-20,27-29,32H2,1-9H3. The number of hydrogen-bond acceptors (Lipinski definition) is 6. The number of allylic oxidation sites excluding steroid dienone is 8. The zero-order valence-electron chi connectivity index (χ0n) is 33.0. The van der Waals surface area contributed by atoms with Gasteiger partial charge in [-0.15, -0.1) is 0 Å². The van der Waals surface area contributed by atoms with Gasteiger partial charge < -0.3 is 14.4 Å². The molecule has 0 unspecified atom stereocenters. The van der Waals surface area contributed by atoms with Gasteiger partial charge in [-0.3, -0.25) is 4.79 Å². The Kier molecular flexibility index (Phi) is 13.8. The Hall–Kier alpha value is -3.59. The Bertz CT molecular complexity index is 1860. The van der Waals surface area contributed by atoms with Crippen molar-refractivity contribution < 1.29 is 22.3 Å². The van der Waals surface area contributed by atoms with Gasteiger partial charge in [-0.2, -0.15) is 4.58 Å². The number of hydrogen-bond donors (Lipinski definition) is 0. The molecular formula is C44H61N3O4S. The van der Waals surface area contributed by atoms with Crippen molar-refractivity contribution in [2.75, 3.05) is 31.6 Å². The minimum absolute atomic E-state index is 0.105. The zero-order chi connectivity index (χ0) is 38.3. The Morgan fingerprint density at radius 1 is 0.904 bits per heavy atom. The molecule has 0 bridgehead atoms. The summed E-state index contributed by atoms with van der Waals surface area (Å²) in [6.45, 7) is 20.7. The molecule has 0 saturated carbocycles. The summed E-state index contributed by atoms with van der Waals surface area (Å²) >= 11 is 0. The Morgan fingerprint density at radius 3 is 2.27 bits per heavy atom. The largest absolute Gasteiger partial charge is 0.744 e. The SMILES string of the molecule is CCCCN1C(=CC=CC=CC=CC2=[N+](CCCC)c3ccc(S(=O)(=O)[O-])cc3C2(C)C)C(C)(C)c2cc(CN(C)CCCC(=O)C(C)C)ccc21. The summed E-state index contributed by atoms with van der Waals surface area (Å²) in [7, 11) is -2.40. The Balaban J connectivity index is 1.51. The molecule has 0 radical (unpaired) electrons. The van der Waals surface area contributed by atoms with E-state index < -0.39 is 15.5 Å². The predicted octanol–water partition coefficient (Wildman–Crippen LogP) is 9.35. The number of rotatable bonds is 18. The Labute approximate surface area is 314 Å². The lowest BCUT2D eigenvalue weighted by Gasteiger charge is -2.27. The van der Waals surface area contributed by atoms with Crippen molar-refractivity contribution in [1.82, 2.24) is 4.90 Å². The van der Waals surface area contributed by atoms with Gasteiger partial charge in [0.15, 0.2) is 5.71 Å². The first-order chi connectivity index (χ1) is 24.5. The maximum Gasteiger partial charge on any atom is 0.209 e. The number of carbonyl (C=O) groups is 1. The van der Waals surface area contributed by atoms with E-state index in [0.717, 1.165) is 75.2 Å². The second-order valence-electron chi connectivity index (χ2n) is 15.8. The first-order valence-electron chi connectivity index (χ1n) is 19.1. The molecule has 0 fully saturated rings. The third kappa shape index (κ3) is 9.49. The number of Topliss-reactive ketones (excluding diaryl/α,β-unsaturated/α-hetero) is 1. The summed E-state index contributed by atoms with van der Waals surface area (Å²) in [5, 5.41) is 0. The van der Waals surface area contributed by atoms with Crippen LogP contribution in [-0.4, -0.2) is 60.6 Å². The van der Waals surface area contributed by atoms with Gasteiger partial charge in [-0.1, -0.05) is 96.9 Å². The summed E-state index contributed by atoms with van der Waals surface area (Å²) in [5.41, 5.74) is 7.52. The molecular weight excluding hydrogens is 667 g/mol. The van der Waals surface area contributed by atoms with Crippen LogP contribution in [0.3, 0.4) is 0 Å². The first-order valence-corrected chi connectivity index (χ1v) is 20.5. The molecule has 0 saturated heterocycles. The van der Waals surface area contributed by atoms with E-state index in [1.807, 2.05) is 32.1 Å². The molecule has 0 N–H and O–H groups in total. The van der Waals surface area contributed by atoms with Crippen LogP contribution < -0.4 is 4.90 Å². The van der Waals surface area contributed by atoms with Crippen LogP contribution in [0.2, 0.25) is 0 Å². The van der Waals surface area contributed by atoms with Crippen LogP contribution >= 0.6 is 0 Å². The van der Waals surface area contributed by atoms with E-state index in [1.54, 1.807) is 12.1 Å². The lowest BCUT2D eigenvalue weighted by atomic mass is 9.81. The third-order valence-corrected chi connectivity index (χ3v) is 11.4. The number of unbranched alkanes of at least 4 members (excludes halogenated alkanes) is 2. The molecule has 52 heavy (non-hydrogen) atoms. The fourth-order valence-corrected chi connectivity index (χ4v) is 7.93. The van der Waals surface area contributed by atoms with E-state index in [-0.39, 0.29) is 16.2 Å². The zero-order valence-corrected chi connectivity index (χ0v) is 33.9. The van der Waals surface area contributed by atoms with E-state index in [0.29, 0.717) is 12.2 Å². The van der Waals surface area contributed by atoms with E-state index in [1.165, 1.54) is 28.6 Å². The highest BCUT2D eigenvalue weighted by Gasteiger charge is 2.44. The highest BCUT2D eigenvalue weighted by Crippen LogP contribution is 2.48. The minimum Gasteiger partial charge on any atom is -0.744 e. The summed E-state index contributed by atoms with van der Waals surface area (Å²) in [4.78, 5) is 16.7. The van der Waals surface area contributed by atoms with E-state index in [4.69, 9.17) is 0 Å². The van der Waals surface area contributed by atoms with Crippen LogP contribution in [0.4, 0.5) is 11.4 Å². The van der Waals surface area contributed by atoms with E-state index >= 15 is 0 Å². The summed E-state index contributed by atoms with van der Waals surface area (Å²) < 4.78 is 37.7. The molecule has 0 atom stereocenters. The van der Waals surface area contributed by atoms with Crippen LogP contribution in [0, 0.1) is 5.92 Å². The molecule has 2 heterocycles. The summed E-state index contributed by atoms with van der Waals surface area (Å²) in [6, 6.07) is 11.7. The van der Waals surface area contributed by atoms with Gasteiger partial charge in [0.1, 0.15) is 22.4 Å². The molecule has 7 nitrogen and oxygen atoms in total. The lowest BCUT2D eigenvalue weighted by Crippen LogP contribution is -2.28. The molecule has 8 heteroatoms. The molecule has 282 valence electrons.